The minimum Gasteiger partial charge on any atom is -0.492 e. The SMILES string of the molecule is CCOc1cccc2sc(N(CCN(CC)CC)C(=O)CS(=O)(=O)c3ccc(F)cc3)nc12. The summed E-state index contributed by atoms with van der Waals surface area (Å²) < 4.78 is 45.4. The molecular formula is C23H28FN3O4S2. The summed E-state index contributed by atoms with van der Waals surface area (Å²) in [4.78, 5) is 21.4. The lowest BCUT2D eigenvalue weighted by Crippen LogP contribution is -2.41. The standard InChI is InChI=1S/C23H28FN3O4S2/c1-4-26(5-2)14-15-27(21(28)16-33(29,30)18-12-10-17(24)11-13-18)23-25-22-19(31-6-3)8-7-9-20(22)32-23/h7-13H,4-6,14-16H2,1-3H3. The third kappa shape index (κ3) is 6.07. The summed E-state index contributed by atoms with van der Waals surface area (Å²) in [6, 6.07) is 10.0. The number of hydrogen-bond acceptors (Lipinski definition) is 7. The number of amides is 1. The van der Waals surface area contributed by atoms with Crippen LogP contribution in [0.15, 0.2) is 47.4 Å². The Morgan fingerprint density at radius 2 is 1.76 bits per heavy atom. The van der Waals surface area contributed by atoms with Crippen LogP contribution in [0.1, 0.15) is 20.8 Å². The molecule has 0 bridgehead atoms. The minimum absolute atomic E-state index is 0.0936. The van der Waals surface area contributed by atoms with Crippen molar-refractivity contribution in [2.45, 2.75) is 25.7 Å². The Morgan fingerprint density at radius 3 is 2.39 bits per heavy atom. The Kier molecular flexibility index (Phi) is 8.39. The summed E-state index contributed by atoms with van der Waals surface area (Å²) in [6.45, 7) is 8.90. The number of anilines is 1. The third-order valence-corrected chi connectivity index (χ3v) is 7.88. The van der Waals surface area contributed by atoms with Crippen LogP contribution in [0.2, 0.25) is 0 Å². The van der Waals surface area contributed by atoms with Gasteiger partial charge in [-0.05, 0) is 56.4 Å². The van der Waals surface area contributed by atoms with Crippen LogP contribution >= 0.6 is 11.3 Å². The Bertz CT molecular complexity index is 1190. The molecule has 0 radical (unpaired) electrons. The molecular weight excluding hydrogens is 465 g/mol. The van der Waals surface area contributed by atoms with E-state index in [1.807, 2.05) is 39.0 Å². The molecule has 0 N–H and O–H groups in total. The van der Waals surface area contributed by atoms with Crippen molar-refractivity contribution >= 4 is 42.4 Å². The zero-order valence-electron chi connectivity index (χ0n) is 19.0. The zero-order valence-corrected chi connectivity index (χ0v) is 20.6. The van der Waals surface area contributed by atoms with E-state index in [0.717, 1.165) is 29.9 Å². The summed E-state index contributed by atoms with van der Waals surface area (Å²) in [5.41, 5.74) is 0.640. The van der Waals surface area contributed by atoms with Crippen LogP contribution in [0.5, 0.6) is 5.75 Å². The van der Waals surface area contributed by atoms with E-state index in [-0.39, 0.29) is 4.90 Å². The van der Waals surface area contributed by atoms with Crippen molar-refractivity contribution in [3.63, 3.8) is 0 Å². The normalized spacial score (nSPS) is 11.8. The number of hydrogen-bond donors (Lipinski definition) is 0. The van der Waals surface area contributed by atoms with Crippen molar-refractivity contribution in [3.8, 4) is 5.75 Å². The number of aromatic nitrogens is 1. The first-order valence-electron chi connectivity index (χ1n) is 10.8. The third-order valence-electron chi connectivity index (χ3n) is 5.22. The molecule has 0 spiro atoms. The number of rotatable bonds is 11. The van der Waals surface area contributed by atoms with E-state index >= 15 is 0 Å². The number of thiazole rings is 1. The molecule has 1 aromatic heterocycles. The van der Waals surface area contributed by atoms with Gasteiger partial charge in [0, 0.05) is 13.1 Å². The molecule has 1 amide bonds. The molecule has 0 saturated heterocycles. The van der Waals surface area contributed by atoms with Gasteiger partial charge in [-0.2, -0.15) is 0 Å². The van der Waals surface area contributed by atoms with Crippen LogP contribution in [-0.2, 0) is 14.6 Å². The summed E-state index contributed by atoms with van der Waals surface area (Å²) >= 11 is 1.32. The van der Waals surface area contributed by atoms with Gasteiger partial charge in [-0.15, -0.1) is 0 Å². The van der Waals surface area contributed by atoms with Gasteiger partial charge in [-0.1, -0.05) is 31.3 Å². The molecule has 3 aromatic rings. The Balaban J connectivity index is 1.93. The van der Waals surface area contributed by atoms with Crippen LogP contribution in [-0.4, -0.2) is 62.7 Å². The lowest BCUT2D eigenvalue weighted by molar-refractivity contribution is -0.116. The fourth-order valence-electron chi connectivity index (χ4n) is 3.37. The second-order valence-electron chi connectivity index (χ2n) is 7.32. The first-order chi connectivity index (χ1) is 15.8. The molecule has 0 aliphatic carbocycles. The molecule has 33 heavy (non-hydrogen) atoms. The van der Waals surface area contributed by atoms with Gasteiger partial charge < -0.3 is 9.64 Å². The largest absolute Gasteiger partial charge is 0.492 e. The summed E-state index contributed by atoms with van der Waals surface area (Å²) in [5, 5.41) is 0.420. The highest BCUT2D eigenvalue weighted by molar-refractivity contribution is 7.92. The maximum Gasteiger partial charge on any atom is 0.244 e. The molecule has 0 fully saturated rings. The quantitative estimate of drug-likeness (QED) is 0.376. The summed E-state index contributed by atoms with van der Waals surface area (Å²) in [5.74, 6) is -1.23. The van der Waals surface area contributed by atoms with Crippen molar-refractivity contribution in [1.82, 2.24) is 9.88 Å². The second kappa shape index (κ2) is 11.0. The second-order valence-corrected chi connectivity index (χ2v) is 10.3. The summed E-state index contributed by atoms with van der Waals surface area (Å²) in [7, 11) is -3.95. The number of benzene rings is 2. The number of ether oxygens (including phenoxy) is 1. The number of carbonyl (C=O) groups is 1. The average Bonchev–Trinajstić information content (AvgIpc) is 3.22. The molecule has 0 saturated carbocycles. The molecule has 2 aromatic carbocycles. The Morgan fingerprint density at radius 1 is 1.06 bits per heavy atom. The number of halogens is 1. The van der Waals surface area contributed by atoms with Crippen LogP contribution < -0.4 is 9.64 Å². The van der Waals surface area contributed by atoms with E-state index in [1.165, 1.54) is 28.4 Å². The van der Waals surface area contributed by atoms with Gasteiger partial charge in [0.05, 0.1) is 16.2 Å². The minimum atomic E-state index is -3.95. The number of fused-ring (bicyclic) bond motifs is 1. The predicted molar refractivity (Wildman–Crippen MR) is 129 cm³/mol. The number of carbonyl (C=O) groups excluding carboxylic acids is 1. The van der Waals surface area contributed by atoms with Gasteiger partial charge in [0.1, 0.15) is 22.8 Å². The van der Waals surface area contributed by atoms with E-state index in [9.17, 15) is 17.6 Å². The van der Waals surface area contributed by atoms with Gasteiger partial charge >= 0.3 is 0 Å². The van der Waals surface area contributed by atoms with Gasteiger partial charge in [0.2, 0.25) is 5.91 Å². The first kappa shape index (κ1) is 25.1. The topological polar surface area (TPSA) is 79.8 Å². The predicted octanol–water partition coefficient (Wildman–Crippen LogP) is 3.98. The lowest BCUT2D eigenvalue weighted by atomic mass is 10.3. The van der Waals surface area contributed by atoms with Gasteiger partial charge in [0.15, 0.2) is 15.0 Å². The smallest absolute Gasteiger partial charge is 0.244 e. The highest BCUT2D eigenvalue weighted by Gasteiger charge is 2.27. The number of nitrogens with zero attached hydrogens (tertiary/aromatic N) is 3. The highest BCUT2D eigenvalue weighted by Crippen LogP contribution is 2.34. The van der Waals surface area contributed by atoms with Crippen LogP contribution in [0.3, 0.4) is 0 Å². The van der Waals surface area contributed by atoms with Gasteiger partial charge in [-0.25, -0.2) is 17.8 Å². The van der Waals surface area contributed by atoms with E-state index in [0.29, 0.717) is 36.1 Å². The summed E-state index contributed by atoms with van der Waals surface area (Å²) in [6.07, 6.45) is 0. The first-order valence-corrected chi connectivity index (χ1v) is 13.3. The Hall–Kier alpha value is -2.56. The van der Waals surface area contributed by atoms with Crippen LogP contribution in [0.25, 0.3) is 10.2 Å². The fourth-order valence-corrected chi connectivity index (χ4v) is 5.60. The monoisotopic (exact) mass is 493 g/mol. The fraction of sp³-hybridized carbons (Fsp3) is 0.391. The van der Waals surface area contributed by atoms with E-state index < -0.39 is 27.3 Å². The molecule has 0 unspecified atom stereocenters. The van der Waals surface area contributed by atoms with Gasteiger partial charge in [0.25, 0.3) is 0 Å². The Labute approximate surface area is 197 Å². The van der Waals surface area contributed by atoms with Crippen molar-refractivity contribution in [2.75, 3.05) is 43.4 Å². The van der Waals surface area contributed by atoms with E-state index in [4.69, 9.17) is 4.74 Å². The number of sulfone groups is 1. The van der Waals surface area contributed by atoms with Crippen LogP contribution in [0.4, 0.5) is 9.52 Å². The molecule has 7 nitrogen and oxygen atoms in total. The molecule has 0 aliphatic heterocycles. The number of likely N-dealkylation sites (N-methyl/N-ethyl adjacent to an activating group) is 1. The van der Waals surface area contributed by atoms with E-state index in [1.54, 1.807) is 0 Å². The zero-order chi connectivity index (χ0) is 24.0. The molecule has 1 heterocycles. The molecule has 3 rings (SSSR count). The highest BCUT2D eigenvalue weighted by atomic mass is 32.2. The molecule has 0 atom stereocenters. The van der Waals surface area contributed by atoms with Crippen molar-refractivity contribution in [3.05, 3.63) is 48.3 Å². The molecule has 0 aliphatic rings. The lowest BCUT2D eigenvalue weighted by Gasteiger charge is -2.24. The van der Waals surface area contributed by atoms with Gasteiger partial charge in [-0.3, -0.25) is 9.69 Å². The van der Waals surface area contributed by atoms with Crippen LogP contribution in [0, 0.1) is 5.82 Å². The van der Waals surface area contributed by atoms with Crippen molar-refractivity contribution in [1.29, 1.82) is 0 Å². The van der Waals surface area contributed by atoms with Crippen molar-refractivity contribution < 1.29 is 22.3 Å². The maximum atomic E-state index is 13.3. The van der Waals surface area contributed by atoms with Crippen molar-refractivity contribution in [2.24, 2.45) is 0 Å². The van der Waals surface area contributed by atoms with E-state index in [2.05, 4.69) is 9.88 Å². The number of para-hydroxylation sites is 1. The molecule has 178 valence electrons. The average molecular weight is 494 g/mol. The molecule has 10 heteroatoms. The maximum absolute atomic E-state index is 13.3.